The number of rotatable bonds is 2. The smallest absolute Gasteiger partial charge is 0.180 e. The molecule has 0 saturated heterocycles. The van der Waals surface area contributed by atoms with Gasteiger partial charge in [0.05, 0.1) is 10.7 Å². The van der Waals surface area contributed by atoms with Crippen molar-refractivity contribution < 1.29 is 0 Å². The highest BCUT2D eigenvalue weighted by atomic mass is 32.1. The number of aromatic nitrogens is 2. The van der Waals surface area contributed by atoms with Crippen LogP contribution in [0.2, 0.25) is 0 Å². The molecule has 0 bridgehead atoms. The molecule has 0 N–H and O–H groups in total. The Morgan fingerprint density at radius 1 is 1.56 bits per heavy atom. The summed E-state index contributed by atoms with van der Waals surface area (Å²) in [5, 5.41) is 4.15. The predicted molar refractivity (Wildman–Crippen MR) is 72.6 cm³/mol. The molecule has 0 radical (unpaired) electrons. The molecular formula is C12H14N2S2. The van der Waals surface area contributed by atoms with Crippen molar-refractivity contribution >= 4 is 36.2 Å². The van der Waals surface area contributed by atoms with Crippen LogP contribution in [-0.2, 0) is 13.6 Å². The first-order valence-electron chi connectivity index (χ1n) is 5.15. The van der Waals surface area contributed by atoms with Gasteiger partial charge in [-0.15, -0.1) is 11.3 Å². The predicted octanol–water partition coefficient (Wildman–Crippen LogP) is 1.88. The molecular weight excluding hydrogens is 236 g/mol. The molecule has 2 aromatic rings. The van der Waals surface area contributed by atoms with Crippen molar-refractivity contribution in [3.63, 3.8) is 0 Å². The Morgan fingerprint density at radius 3 is 2.81 bits per heavy atom. The number of imidazole rings is 1. The quantitative estimate of drug-likeness (QED) is 0.740. The van der Waals surface area contributed by atoms with E-state index in [2.05, 4.69) is 35.6 Å². The van der Waals surface area contributed by atoms with Gasteiger partial charge in [-0.25, -0.2) is 0 Å². The molecule has 2 nitrogen and oxygen atoms in total. The van der Waals surface area contributed by atoms with Gasteiger partial charge in [0.2, 0.25) is 0 Å². The molecule has 84 valence electrons. The first-order valence-corrected chi connectivity index (χ1v) is 6.43. The monoisotopic (exact) mass is 250 g/mol. The molecule has 0 aliphatic rings. The molecule has 2 heterocycles. The topological polar surface area (TPSA) is 9.86 Å². The van der Waals surface area contributed by atoms with Crippen molar-refractivity contribution in [2.75, 3.05) is 0 Å². The molecule has 0 fully saturated rings. The van der Waals surface area contributed by atoms with E-state index in [1.807, 2.05) is 17.7 Å². The Kier molecular flexibility index (Phi) is 3.12. The van der Waals surface area contributed by atoms with Crippen molar-refractivity contribution in [3.05, 3.63) is 37.9 Å². The van der Waals surface area contributed by atoms with Gasteiger partial charge in [-0.1, -0.05) is 12.6 Å². The average Bonchev–Trinajstić information content (AvgIpc) is 2.83. The summed E-state index contributed by atoms with van der Waals surface area (Å²) in [6.07, 6.45) is 2.13. The van der Waals surface area contributed by atoms with Crippen LogP contribution in [-0.4, -0.2) is 9.13 Å². The maximum Gasteiger partial charge on any atom is 0.180 e. The van der Waals surface area contributed by atoms with E-state index in [0.717, 1.165) is 22.0 Å². The molecule has 0 atom stereocenters. The third-order valence-electron chi connectivity index (χ3n) is 2.64. The van der Waals surface area contributed by atoms with Crippen molar-refractivity contribution in [2.24, 2.45) is 7.05 Å². The second-order valence-corrected chi connectivity index (χ2v) is 4.92. The van der Waals surface area contributed by atoms with Gasteiger partial charge in [-0.2, -0.15) is 0 Å². The van der Waals surface area contributed by atoms with Crippen LogP contribution in [0.1, 0.15) is 11.8 Å². The highest BCUT2D eigenvalue weighted by Gasteiger charge is 2.00. The lowest BCUT2D eigenvalue weighted by molar-refractivity contribution is 0.707. The molecule has 0 aromatic carbocycles. The van der Waals surface area contributed by atoms with E-state index in [9.17, 15) is 0 Å². The van der Waals surface area contributed by atoms with Gasteiger partial charge in [0.1, 0.15) is 0 Å². The Labute approximate surface area is 104 Å². The highest BCUT2D eigenvalue weighted by Crippen LogP contribution is 2.08. The van der Waals surface area contributed by atoms with Crippen LogP contribution in [0.3, 0.4) is 0 Å². The normalized spacial score (nSPS) is 12.2. The summed E-state index contributed by atoms with van der Waals surface area (Å²) in [5.74, 6) is 0. The first-order chi connectivity index (χ1) is 7.65. The standard InChI is InChI=1S/C12H14N2S2/c1-4-14-9(2)11(13(3)12(14)15)8-10-6-5-7-16-10/h5-8H,2,4H2,1,3H3/b11-8-. The van der Waals surface area contributed by atoms with E-state index >= 15 is 0 Å². The maximum atomic E-state index is 5.37. The van der Waals surface area contributed by atoms with E-state index < -0.39 is 0 Å². The number of nitrogens with zero attached hydrogens (tertiary/aromatic N) is 2. The van der Waals surface area contributed by atoms with Crippen LogP contribution in [0.15, 0.2) is 17.5 Å². The second kappa shape index (κ2) is 4.39. The van der Waals surface area contributed by atoms with E-state index in [1.54, 1.807) is 11.3 Å². The van der Waals surface area contributed by atoms with Crippen LogP contribution in [0, 0.1) is 4.77 Å². The molecule has 2 aromatic heterocycles. The molecule has 4 heteroatoms. The third kappa shape index (κ3) is 1.79. The fourth-order valence-electron chi connectivity index (χ4n) is 1.75. The van der Waals surface area contributed by atoms with Gasteiger partial charge in [0.15, 0.2) is 4.77 Å². The first kappa shape index (κ1) is 11.4. The maximum absolute atomic E-state index is 5.37. The minimum Gasteiger partial charge on any atom is -0.320 e. The number of hydrogen-bond acceptors (Lipinski definition) is 2. The van der Waals surface area contributed by atoms with Gasteiger partial charge >= 0.3 is 0 Å². The van der Waals surface area contributed by atoms with Crippen molar-refractivity contribution in [2.45, 2.75) is 13.5 Å². The molecule has 0 saturated carbocycles. The molecule has 0 aliphatic carbocycles. The lowest BCUT2D eigenvalue weighted by Crippen LogP contribution is -2.30. The minimum absolute atomic E-state index is 0.829. The zero-order chi connectivity index (χ0) is 11.7. The van der Waals surface area contributed by atoms with Crippen LogP contribution in [0.5, 0.6) is 0 Å². The molecule has 0 spiro atoms. The van der Waals surface area contributed by atoms with Gasteiger partial charge < -0.3 is 9.13 Å². The van der Waals surface area contributed by atoms with Crippen LogP contribution < -0.4 is 10.7 Å². The van der Waals surface area contributed by atoms with E-state index in [0.29, 0.717) is 0 Å². The fourth-order valence-corrected chi connectivity index (χ4v) is 2.73. The largest absolute Gasteiger partial charge is 0.320 e. The summed E-state index contributed by atoms with van der Waals surface area (Å²) in [7, 11) is 1.99. The third-order valence-corrected chi connectivity index (χ3v) is 3.95. The molecule has 16 heavy (non-hydrogen) atoms. The number of thiophene rings is 1. The van der Waals surface area contributed by atoms with Gasteiger partial charge in [0, 0.05) is 18.5 Å². The molecule has 0 aliphatic heterocycles. The van der Waals surface area contributed by atoms with Gasteiger partial charge in [0.25, 0.3) is 0 Å². The average molecular weight is 250 g/mol. The SMILES string of the molecule is C=c1/c(=C/c2cccs2)n(C)c(=S)n1CC. The summed E-state index contributed by atoms with van der Waals surface area (Å²) in [6, 6.07) is 4.14. The summed E-state index contributed by atoms with van der Waals surface area (Å²) >= 11 is 7.08. The van der Waals surface area contributed by atoms with Gasteiger partial charge in [-0.3, -0.25) is 0 Å². The van der Waals surface area contributed by atoms with E-state index in [1.165, 1.54) is 4.88 Å². The molecule has 0 unspecified atom stereocenters. The lowest BCUT2D eigenvalue weighted by atomic mass is 10.4. The molecule has 2 rings (SSSR count). The van der Waals surface area contributed by atoms with Crippen LogP contribution >= 0.6 is 23.6 Å². The second-order valence-electron chi connectivity index (χ2n) is 3.58. The van der Waals surface area contributed by atoms with Crippen molar-refractivity contribution in [3.8, 4) is 0 Å². The summed E-state index contributed by atoms with van der Waals surface area (Å²) in [4.78, 5) is 1.23. The van der Waals surface area contributed by atoms with Crippen molar-refractivity contribution in [1.29, 1.82) is 0 Å². The fraction of sp³-hybridized carbons (Fsp3) is 0.250. The summed E-state index contributed by atoms with van der Waals surface area (Å²) in [6.45, 7) is 7.05. The van der Waals surface area contributed by atoms with Crippen LogP contribution in [0.25, 0.3) is 12.7 Å². The van der Waals surface area contributed by atoms with Crippen molar-refractivity contribution in [1.82, 2.24) is 9.13 Å². The van der Waals surface area contributed by atoms with E-state index in [4.69, 9.17) is 12.2 Å². The Hall–Kier alpha value is -1.13. The van der Waals surface area contributed by atoms with Gasteiger partial charge in [-0.05, 0) is 36.7 Å². The molecule has 0 amide bonds. The Morgan fingerprint density at radius 2 is 2.31 bits per heavy atom. The number of hydrogen-bond donors (Lipinski definition) is 0. The van der Waals surface area contributed by atoms with Crippen LogP contribution in [0.4, 0.5) is 0 Å². The minimum atomic E-state index is 0.829. The Balaban J connectivity index is 2.77. The van der Waals surface area contributed by atoms with E-state index in [-0.39, 0.29) is 0 Å². The highest BCUT2D eigenvalue weighted by molar-refractivity contribution is 7.71. The summed E-state index contributed by atoms with van der Waals surface area (Å²) in [5.41, 5.74) is 0. The zero-order valence-electron chi connectivity index (χ0n) is 9.43. The Bertz CT molecular complexity index is 644. The zero-order valence-corrected chi connectivity index (χ0v) is 11.1. The summed E-state index contributed by atoms with van der Waals surface area (Å²) < 4.78 is 4.89. The lowest BCUT2D eigenvalue weighted by Gasteiger charge is -1.94.